The molecule has 368 valence electrons. The van der Waals surface area contributed by atoms with E-state index in [2.05, 4.69) is 31.3 Å². The minimum Gasteiger partial charge on any atom is -0.466 e. The molecule has 0 aliphatic heterocycles. The van der Waals surface area contributed by atoms with Crippen LogP contribution in [0.3, 0.4) is 0 Å². The van der Waals surface area contributed by atoms with Crippen molar-refractivity contribution in [2.45, 2.75) is 321 Å². The molecular formula is C56H109NO5. The molecule has 2 atom stereocenters. The van der Waals surface area contributed by atoms with Gasteiger partial charge in [-0.1, -0.05) is 257 Å². The van der Waals surface area contributed by atoms with Crippen molar-refractivity contribution >= 4 is 11.9 Å². The molecule has 0 aromatic carbocycles. The highest BCUT2D eigenvalue weighted by molar-refractivity contribution is 5.76. The third-order valence-corrected chi connectivity index (χ3v) is 13.1. The maximum Gasteiger partial charge on any atom is 0.305 e. The number of hydrogen-bond acceptors (Lipinski definition) is 5. The van der Waals surface area contributed by atoms with Gasteiger partial charge >= 0.3 is 5.97 Å². The van der Waals surface area contributed by atoms with Gasteiger partial charge in [0.1, 0.15) is 0 Å². The summed E-state index contributed by atoms with van der Waals surface area (Å²) in [6.45, 7) is 4.94. The zero-order chi connectivity index (χ0) is 45.1. The van der Waals surface area contributed by atoms with Gasteiger partial charge in [-0.25, -0.2) is 0 Å². The van der Waals surface area contributed by atoms with Gasteiger partial charge in [0.2, 0.25) is 5.91 Å². The Balaban J connectivity index is 3.42. The van der Waals surface area contributed by atoms with Crippen LogP contribution in [0.1, 0.15) is 309 Å². The van der Waals surface area contributed by atoms with Gasteiger partial charge in [0.25, 0.3) is 0 Å². The molecule has 0 aliphatic rings. The highest BCUT2D eigenvalue weighted by atomic mass is 16.5. The number of rotatable bonds is 52. The normalized spacial score (nSPS) is 12.6. The summed E-state index contributed by atoms with van der Waals surface area (Å²) in [5.74, 6) is -0.0491. The zero-order valence-corrected chi connectivity index (χ0v) is 41.9. The van der Waals surface area contributed by atoms with Crippen molar-refractivity contribution in [3.8, 4) is 0 Å². The van der Waals surface area contributed by atoms with Crippen molar-refractivity contribution in [2.75, 3.05) is 13.2 Å². The third kappa shape index (κ3) is 48.1. The molecule has 0 aromatic heterocycles. The summed E-state index contributed by atoms with van der Waals surface area (Å²) in [5.41, 5.74) is 0. The fraction of sp³-hybridized carbons (Fsp3) is 0.929. The Hall–Kier alpha value is -1.40. The lowest BCUT2D eigenvalue weighted by atomic mass is 10.0. The molecule has 0 saturated carbocycles. The summed E-state index contributed by atoms with van der Waals surface area (Å²) in [5, 5.41) is 23.2. The Labute approximate surface area is 387 Å². The monoisotopic (exact) mass is 876 g/mol. The number of esters is 1. The Kier molecular flexibility index (Phi) is 51.0. The molecule has 3 N–H and O–H groups in total. The van der Waals surface area contributed by atoms with Crippen LogP contribution in [-0.4, -0.2) is 47.4 Å². The molecule has 0 bridgehead atoms. The molecule has 0 heterocycles. The number of nitrogens with one attached hydrogen (secondary N) is 1. The minimum absolute atomic E-state index is 0.00496. The molecule has 6 heteroatoms. The Morgan fingerprint density at radius 3 is 1.15 bits per heavy atom. The summed E-state index contributed by atoms with van der Waals surface area (Å²) in [6, 6.07) is -0.548. The number of aliphatic hydroxyl groups is 2. The first-order valence-electron chi connectivity index (χ1n) is 27.9. The maximum atomic E-state index is 12.5. The number of aliphatic hydroxyl groups excluding tert-OH is 2. The summed E-state index contributed by atoms with van der Waals surface area (Å²) in [4.78, 5) is 24.5. The molecule has 2 unspecified atom stereocenters. The Morgan fingerprint density at radius 2 is 0.758 bits per heavy atom. The number of hydrogen-bond donors (Lipinski definition) is 3. The topological polar surface area (TPSA) is 95.9 Å². The van der Waals surface area contributed by atoms with E-state index in [0.717, 1.165) is 51.4 Å². The van der Waals surface area contributed by atoms with Crippen molar-refractivity contribution in [2.24, 2.45) is 0 Å². The molecule has 6 nitrogen and oxygen atoms in total. The van der Waals surface area contributed by atoms with Crippen LogP contribution < -0.4 is 5.32 Å². The molecule has 1 amide bonds. The van der Waals surface area contributed by atoms with Gasteiger partial charge in [0.15, 0.2) is 0 Å². The molecular weight excluding hydrogens is 767 g/mol. The van der Waals surface area contributed by atoms with Crippen molar-refractivity contribution in [1.29, 1.82) is 0 Å². The van der Waals surface area contributed by atoms with E-state index in [1.165, 1.54) is 225 Å². The average Bonchev–Trinajstić information content (AvgIpc) is 3.27. The molecule has 0 rings (SSSR count). The lowest BCUT2D eigenvalue weighted by Crippen LogP contribution is -2.45. The fourth-order valence-electron chi connectivity index (χ4n) is 8.75. The van der Waals surface area contributed by atoms with Gasteiger partial charge < -0.3 is 20.3 Å². The van der Waals surface area contributed by atoms with Crippen LogP contribution in [0.5, 0.6) is 0 Å². The summed E-state index contributed by atoms with van der Waals surface area (Å²) in [6.07, 6.45) is 60.4. The second kappa shape index (κ2) is 52.2. The lowest BCUT2D eigenvalue weighted by Gasteiger charge is -2.22. The van der Waals surface area contributed by atoms with Gasteiger partial charge in [-0.05, 0) is 51.4 Å². The van der Waals surface area contributed by atoms with E-state index in [0.29, 0.717) is 25.9 Å². The van der Waals surface area contributed by atoms with Crippen molar-refractivity contribution < 1.29 is 24.5 Å². The number of carbonyl (C=O) groups excluding carboxylic acids is 2. The van der Waals surface area contributed by atoms with E-state index in [4.69, 9.17) is 4.74 Å². The molecule has 0 aliphatic carbocycles. The van der Waals surface area contributed by atoms with Crippen LogP contribution in [0.15, 0.2) is 12.2 Å². The summed E-state index contributed by atoms with van der Waals surface area (Å²) < 4.78 is 5.48. The molecule has 0 radical (unpaired) electrons. The van der Waals surface area contributed by atoms with E-state index in [-0.39, 0.29) is 18.5 Å². The number of unbranched alkanes of at least 4 members (excludes halogenated alkanes) is 39. The number of amides is 1. The van der Waals surface area contributed by atoms with Crippen LogP contribution in [0.4, 0.5) is 0 Å². The first-order chi connectivity index (χ1) is 30.5. The molecule has 0 spiro atoms. The molecule has 62 heavy (non-hydrogen) atoms. The van der Waals surface area contributed by atoms with Crippen LogP contribution in [-0.2, 0) is 14.3 Å². The molecule has 0 aromatic rings. The Morgan fingerprint density at radius 1 is 0.435 bits per heavy atom. The standard InChI is InChI=1S/C56H109NO5/c1-3-5-7-9-11-13-15-17-19-20-21-26-30-34-38-42-46-50-56(61)62-51-47-43-39-35-31-27-23-22-25-29-33-37-41-45-49-55(60)57-53(52-58)54(59)48-44-40-36-32-28-24-18-16-14-12-10-8-6-4-2/h17,19,53-54,58-59H,3-16,18,20-52H2,1-2H3,(H,57,60)/b19-17-. The zero-order valence-electron chi connectivity index (χ0n) is 41.9. The first-order valence-corrected chi connectivity index (χ1v) is 27.9. The quantitative estimate of drug-likeness (QED) is 0.0321. The van der Waals surface area contributed by atoms with Gasteiger partial charge in [-0.15, -0.1) is 0 Å². The molecule has 0 fully saturated rings. The van der Waals surface area contributed by atoms with Crippen LogP contribution >= 0.6 is 0 Å². The fourth-order valence-corrected chi connectivity index (χ4v) is 8.75. The highest BCUT2D eigenvalue weighted by Crippen LogP contribution is 2.17. The number of ether oxygens (including phenoxy) is 1. The lowest BCUT2D eigenvalue weighted by molar-refractivity contribution is -0.143. The SMILES string of the molecule is CCCCCCCC/C=C\CCCCCCCCCC(=O)OCCCCCCCCCCCCCCCCC(=O)NC(CO)C(O)CCCCCCCCCCCCCCCC. The second-order valence-electron chi connectivity index (χ2n) is 19.3. The minimum atomic E-state index is -0.670. The summed E-state index contributed by atoms with van der Waals surface area (Å²) >= 11 is 0. The van der Waals surface area contributed by atoms with Crippen molar-refractivity contribution in [1.82, 2.24) is 5.32 Å². The van der Waals surface area contributed by atoms with Crippen LogP contribution in [0.2, 0.25) is 0 Å². The van der Waals surface area contributed by atoms with Crippen LogP contribution in [0, 0.1) is 0 Å². The average molecular weight is 876 g/mol. The smallest absolute Gasteiger partial charge is 0.305 e. The Bertz CT molecular complexity index is 924. The maximum absolute atomic E-state index is 12.5. The van der Waals surface area contributed by atoms with E-state index in [1.54, 1.807) is 0 Å². The van der Waals surface area contributed by atoms with Crippen molar-refractivity contribution in [3.05, 3.63) is 12.2 Å². The molecule has 0 saturated heterocycles. The predicted molar refractivity (Wildman–Crippen MR) is 269 cm³/mol. The van der Waals surface area contributed by atoms with Gasteiger partial charge in [-0.3, -0.25) is 9.59 Å². The van der Waals surface area contributed by atoms with Crippen molar-refractivity contribution in [3.63, 3.8) is 0 Å². The largest absolute Gasteiger partial charge is 0.466 e. The van der Waals surface area contributed by atoms with E-state index < -0.39 is 12.1 Å². The van der Waals surface area contributed by atoms with Gasteiger partial charge in [0.05, 0.1) is 25.4 Å². The number of carbonyl (C=O) groups is 2. The third-order valence-electron chi connectivity index (χ3n) is 13.1. The second-order valence-corrected chi connectivity index (χ2v) is 19.3. The van der Waals surface area contributed by atoms with Gasteiger partial charge in [0, 0.05) is 12.8 Å². The number of allylic oxidation sites excluding steroid dienone is 2. The van der Waals surface area contributed by atoms with E-state index in [1.807, 2.05) is 0 Å². The summed E-state index contributed by atoms with van der Waals surface area (Å²) in [7, 11) is 0. The van der Waals surface area contributed by atoms with Gasteiger partial charge in [-0.2, -0.15) is 0 Å². The predicted octanol–water partition coefficient (Wildman–Crippen LogP) is 16.9. The van der Waals surface area contributed by atoms with E-state index >= 15 is 0 Å². The van der Waals surface area contributed by atoms with Crippen LogP contribution in [0.25, 0.3) is 0 Å². The first kappa shape index (κ1) is 60.6. The highest BCUT2D eigenvalue weighted by Gasteiger charge is 2.20. The van der Waals surface area contributed by atoms with E-state index in [9.17, 15) is 19.8 Å².